The van der Waals surface area contributed by atoms with E-state index in [1.54, 1.807) is 28.6 Å². The van der Waals surface area contributed by atoms with Gasteiger partial charge in [-0.25, -0.2) is 8.42 Å². The van der Waals surface area contributed by atoms with Gasteiger partial charge in [0.2, 0.25) is 15.9 Å². The van der Waals surface area contributed by atoms with E-state index in [2.05, 4.69) is 5.32 Å². The molecular formula is C23H31N3O3S. The standard InChI is InChI=1S/C23H31N3O3S/c1-3-25(2)22(20-10-6-4-7-11-20)23(27)24-18-19-12-14-21(15-13-19)30(28,29)26-16-8-5-9-17-26/h4,6-7,10-15,22H,3,5,8-9,16-18H2,1-2H3,(H,24,27). The summed E-state index contributed by atoms with van der Waals surface area (Å²) in [5.41, 5.74) is 1.81. The van der Waals surface area contributed by atoms with Gasteiger partial charge >= 0.3 is 0 Å². The van der Waals surface area contributed by atoms with Crippen molar-refractivity contribution in [3.63, 3.8) is 0 Å². The predicted octanol–water partition coefficient (Wildman–Crippen LogP) is 3.17. The third-order valence-electron chi connectivity index (χ3n) is 5.65. The van der Waals surface area contributed by atoms with Gasteiger partial charge < -0.3 is 5.32 Å². The Morgan fingerprint density at radius 3 is 2.27 bits per heavy atom. The predicted molar refractivity (Wildman–Crippen MR) is 118 cm³/mol. The Balaban J connectivity index is 1.66. The number of hydrogen-bond acceptors (Lipinski definition) is 4. The Bertz CT molecular complexity index is 924. The Morgan fingerprint density at radius 1 is 1.03 bits per heavy atom. The van der Waals surface area contributed by atoms with Crippen LogP contribution in [0, 0.1) is 0 Å². The lowest BCUT2D eigenvalue weighted by Gasteiger charge is -2.26. The maximum Gasteiger partial charge on any atom is 0.243 e. The van der Waals surface area contributed by atoms with E-state index in [0.717, 1.165) is 36.9 Å². The zero-order chi connectivity index (χ0) is 21.6. The van der Waals surface area contributed by atoms with Crippen molar-refractivity contribution in [3.05, 3.63) is 65.7 Å². The van der Waals surface area contributed by atoms with Gasteiger partial charge in [-0.15, -0.1) is 0 Å². The zero-order valence-electron chi connectivity index (χ0n) is 17.8. The number of carbonyl (C=O) groups is 1. The van der Waals surface area contributed by atoms with Crippen LogP contribution in [-0.4, -0.2) is 50.2 Å². The summed E-state index contributed by atoms with van der Waals surface area (Å²) in [6.45, 7) is 4.29. The van der Waals surface area contributed by atoms with Crippen LogP contribution in [0.15, 0.2) is 59.5 Å². The molecule has 1 aliphatic heterocycles. The minimum absolute atomic E-state index is 0.0736. The summed E-state index contributed by atoms with van der Waals surface area (Å²) in [6, 6.07) is 16.2. The fourth-order valence-electron chi connectivity index (χ4n) is 3.74. The molecule has 1 aliphatic rings. The number of nitrogens with zero attached hydrogens (tertiary/aromatic N) is 2. The number of piperidine rings is 1. The van der Waals surface area contributed by atoms with Crippen LogP contribution in [0.4, 0.5) is 0 Å². The molecule has 1 unspecified atom stereocenters. The first-order valence-corrected chi connectivity index (χ1v) is 12.0. The van der Waals surface area contributed by atoms with Crippen LogP contribution in [0.3, 0.4) is 0 Å². The monoisotopic (exact) mass is 429 g/mol. The van der Waals surface area contributed by atoms with E-state index >= 15 is 0 Å². The molecule has 1 atom stereocenters. The molecule has 3 rings (SSSR count). The number of likely N-dealkylation sites (N-methyl/N-ethyl adjacent to an activating group) is 1. The fraction of sp³-hybridized carbons (Fsp3) is 0.435. The van der Waals surface area contributed by atoms with Crippen LogP contribution in [0.2, 0.25) is 0 Å². The molecule has 0 bridgehead atoms. The quantitative estimate of drug-likeness (QED) is 0.700. The highest BCUT2D eigenvalue weighted by atomic mass is 32.2. The summed E-state index contributed by atoms with van der Waals surface area (Å²) in [7, 11) is -1.51. The van der Waals surface area contributed by atoms with E-state index in [0.29, 0.717) is 24.5 Å². The summed E-state index contributed by atoms with van der Waals surface area (Å²) in [5.74, 6) is -0.0736. The van der Waals surface area contributed by atoms with Crippen molar-refractivity contribution in [3.8, 4) is 0 Å². The van der Waals surface area contributed by atoms with E-state index < -0.39 is 10.0 Å². The highest BCUT2D eigenvalue weighted by molar-refractivity contribution is 7.89. The molecule has 0 saturated carbocycles. The van der Waals surface area contributed by atoms with E-state index in [9.17, 15) is 13.2 Å². The van der Waals surface area contributed by atoms with E-state index in [1.807, 2.05) is 49.2 Å². The highest BCUT2D eigenvalue weighted by Crippen LogP contribution is 2.22. The summed E-state index contributed by atoms with van der Waals surface area (Å²) in [5, 5.41) is 2.99. The van der Waals surface area contributed by atoms with Crippen LogP contribution in [0.5, 0.6) is 0 Å². The van der Waals surface area contributed by atoms with E-state index in [4.69, 9.17) is 0 Å². The molecule has 6 nitrogen and oxygen atoms in total. The normalized spacial score (nSPS) is 16.4. The molecule has 1 heterocycles. The third-order valence-corrected chi connectivity index (χ3v) is 7.56. The largest absolute Gasteiger partial charge is 0.350 e. The molecule has 1 fully saturated rings. The number of carbonyl (C=O) groups excluding carboxylic acids is 1. The first kappa shape index (κ1) is 22.5. The van der Waals surface area contributed by atoms with Gasteiger partial charge in [0.15, 0.2) is 0 Å². The second kappa shape index (κ2) is 10.2. The molecule has 0 aromatic heterocycles. The van der Waals surface area contributed by atoms with Gasteiger partial charge in [-0.3, -0.25) is 9.69 Å². The van der Waals surface area contributed by atoms with Gasteiger partial charge in [-0.1, -0.05) is 55.8 Å². The third kappa shape index (κ3) is 5.28. The minimum Gasteiger partial charge on any atom is -0.350 e. The molecule has 0 radical (unpaired) electrons. The molecule has 1 saturated heterocycles. The summed E-state index contributed by atoms with van der Waals surface area (Å²) in [4.78, 5) is 15.2. The van der Waals surface area contributed by atoms with Crippen LogP contribution in [0.25, 0.3) is 0 Å². The minimum atomic E-state index is -3.43. The maximum atomic E-state index is 12.9. The fourth-order valence-corrected chi connectivity index (χ4v) is 5.26. The second-order valence-electron chi connectivity index (χ2n) is 7.71. The second-order valence-corrected chi connectivity index (χ2v) is 9.65. The zero-order valence-corrected chi connectivity index (χ0v) is 18.6. The Morgan fingerprint density at radius 2 is 1.67 bits per heavy atom. The van der Waals surface area contributed by atoms with Gasteiger partial charge in [0.05, 0.1) is 4.90 Å². The Hall–Kier alpha value is -2.22. The molecule has 2 aromatic carbocycles. The SMILES string of the molecule is CCN(C)C(C(=O)NCc1ccc(S(=O)(=O)N2CCCCC2)cc1)c1ccccc1. The van der Waals surface area contributed by atoms with Gasteiger partial charge in [-0.05, 0) is 49.7 Å². The molecule has 1 N–H and O–H groups in total. The van der Waals surface area contributed by atoms with Gasteiger partial charge in [0, 0.05) is 19.6 Å². The lowest BCUT2D eigenvalue weighted by Crippen LogP contribution is -2.38. The van der Waals surface area contributed by atoms with E-state index in [-0.39, 0.29) is 11.9 Å². The topological polar surface area (TPSA) is 69.7 Å². The number of nitrogens with one attached hydrogen (secondary N) is 1. The molecule has 162 valence electrons. The summed E-state index contributed by atoms with van der Waals surface area (Å²) in [6.07, 6.45) is 2.91. The van der Waals surface area contributed by atoms with Crippen LogP contribution < -0.4 is 5.32 Å². The summed E-state index contributed by atoms with van der Waals surface area (Å²) < 4.78 is 27.1. The Kier molecular flexibility index (Phi) is 7.64. The summed E-state index contributed by atoms with van der Waals surface area (Å²) >= 11 is 0. The first-order chi connectivity index (χ1) is 14.4. The molecule has 30 heavy (non-hydrogen) atoms. The van der Waals surface area contributed by atoms with Gasteiger partial charge in [0.1, 0.15) is 6.04 Å². The first-order valence-electron chi connectivity index (χ1n) is 10.6. The van der Waals surface area contributed by atoms with Crippen molar-refractivity contribution in [2.24, 2.45) is 0 Å². The average Bonchev–Trinajstić information content (AvgIpc) is 2.79. The van der Waals surface area contributed by atoms with Crippen molar-refractivity contribution in [1.29, 1.82) is 0 Å². The van der Waals surface area contributed by atoms with Crippen molar-refractivity contribution in [2.45, 2.75) is 43.7 Å². The number of hydrogen-bond donors (Lipinski definition) is 1. The van der Waals surface area contributed by atoms with Gasteiger partial charge in [0.25, 0.3) is 0 Å². The molecule has 2 aromatic rings. The van der Waals surface area contributed by atoms with E-state index in [1.165, 1.54) is 0 Å². The lowest BCUT2D eigenvalue weighted by molar-refractivity contribution is -0.126. The number of rotatable bonds is 8. The van der Waals surface area contributed by atoms with Crippen molar-refractivity contribution in [2.75, 3.05) is 26.7 Å². The van der Waals surface area contributed by atoms with Crippen LogP contribution in [-0.2, 0) is 21.4 Å². The highest BCUT2D eigenvalue weighted by Gasteiger charge is 2.26. The molecule has 7 heteroatoms. The van der Waals surface area contributed by atoms with Gasteiger partial charge in [-0.2, -0.15) is 4.31 Å². The van der Waals surface area contributed by atoms with Crippen molar-refractivity contribution < 1.29 is 13.2 Å². The molecule has 1 amide bonds. The van der Waals surface area contributed by atoms with Crippen molar-refractivity contribution >= 4 is 15.9 Å². The maximum absolute atomic E-state index is 12.9. The number of amides is 1. The number of benzene rings is 2. The molecular weight excluding hydrogens is 398 g/mol. The van der Waals surface area contributed by atoms with Crippen molar-refractivity contribution in [1.82, 2.24) is 14.5 Å². The molecule has 0 spiro atoms. The van der Waals surface area contributed by atoms with Crippen LogP contribution in [0.1, 0.15) is 43.4 Å². The Labute approximate surface area is 179 Å². The lowest BCUT2D eigenvalue weighted by atomic mass is 10.0. The van der Waals surface area contributed by atoms with Crippen LogP contribution >= 0.6 is 0 Å². The number of sulfonamides is 1. The smallest absolute Gasteiger partial charge is 0.243 e. The molecule has 0 aliphatic carbocycles. The average molecular weight is 430 g/mol.